The van der Waals surface area contributed by atoms with Crippen LogP contribution < -0.4 is 0 Å². The van der Waals surface area contributed by atoms with Crippen molar-refractivity contribution >= 4 is 17.9 Å². The first-order chi connectivity index (χ1) is 15.7. The molecule has 4 heteroatoms. The summed E-state index contributed by atoms with van der Waals surface area (Å²) >= 11 is 0. The SMILES string of the molecule is O=C(/C=C/c1ccccc1)N(CCc1ccccc1)CC(=O)N1CCc2ccccc2C1. The van der Waals surface area contributed by atoms with E-state index in [9.17, 15) is 9.59 Å². The predicted molar refractivity (Wildman–Crippen MR) is 128 cm³/mol. The third kappa shape index (κ3) is 5.73. The van der Waals surface area contributed by atoms with E-state index in [1.165, 1.54) is 11.1 Å². The molecule has 4 rings (SSSR count). The van der Waals surface area contributed by atoms with Gasteiger partial charge in [-0.3, -0.25) is 9.59 Å². The summed E-state index contributed by atoms with van der Waals surface area (Å²) in [5.41, 5.74) is 4.61. The topological polar surface area (TPSA) is 40.6 Å². The Morgan fingerprint density at radius 3 is 2.25 bits per heavy atom. The lowest BCUT2D eigenvalue weighted by molar-refractivity contribution is -0.138. The molecule has 0 fully saturated rings. The third-order valence-corrected chi connectivity index (χ3v) is 5.85. The molecule has 0 spiro atoms. The molecule has 0 saturated heterocycles. The Kier molecular flexibility index (Phi) is 7.13. The summed E-state index contributed by atoms with van der Waals surface area (Å²) in [4.78, 5) is 29.7. The highest BCUT2D eigenvalue weighted by Gasteiger charge is 2.23. The van der Waals surface area contributed by atoms with Crippen molar-refractivity contribution in [2.24, 2.45) is 0 Å². The van der Waals surface area contributed by atoms with Crippen molar-refractivity contribution in [1.82, 2.24) is 9.80 Å². The van der Waals surface area contributed by atoms with Gasteiger partial charge in [-0.15, -0.1) is 0 Å². The van der Waals surface area contributed by atoms with E-state index in [0.717, 1.165) is 17.5 Å². The van der Waals surface area contributed by atoms with Crippen LogP contribution in [0, 0.1) is 0 Å². The first kappa shape index (κ1) is 21.6. The van der Waals surface area contributed by atoms with Gasteiger partial charge in [0.05, 0.1) is 0 Å². The maximum atomic E-state index is 13.1. The molecule has 0 saturated carbocycles. The highest BCUT2D eigenvalue weighted by Crippen LogP contribution is 2.19. The van der Waals surface area contributed by atoms with E-state index in [1.807, 2.05) is 77.7 Å². The van der Waals surface area contributed by atoms with Crippen molar-refractivity contribution in [2.75, 3.05) is 19.6 Å². The van der Waals surface area contributed by atoms with Crippen molar-refractivity contribution < 1.29 is 9.59 Å². The van der Waals surface area contributed by atoms with Crippen molar-refractivity contribution in [3.05, 3.63) is 113 Å². The molecule has 0 radical (unpaired) electrons. The van der Waals surface area contributed by atoms with Crippen LogP contribution in [0.4, 0.5) is 0 Å². The Morgan fingerprint density at radius 1 is 0.844 bits per heavy atom. The Labute approximate surface area is 189 Å². The molecule has 0 bridgehead atoms. The van der Waals surface area contributed by atoms with Crippen LogP contribution in [0.5, 0.6) is 0 Å². The van der Waals surface area contributed by atoms with E-state index in [1.54, 1.807) is 17.1 Å². The average molecular weight is 425 g/mol. The van der Waals surface area contributed by atoms with Gasteiger partial charge in [0.15, 0.2) is 0 Å². The Morgan fingerprint density at radius 2 is 1.50 bits per heavy atom. The fourth-order valence-electron chi connectivity index (χ4n) is 3.98. The predicted octanol–water partition coefficient (Wildman–Crippen LogP) is 4.36. The lowest BCUT2D eigenvalue weighted by atomic mass is 10.00. The first-order valence-corrected chi connectivity index (χ1v) is 11.1. The molecule has 0 N–H and O–H groups in total. The molecule has 1 heterocycles. The van der Waals surface area contributed by atoms with Crippen molar-refractivity contribution in [3.8, 4) is 0 Å². The largest absolute Gasteiger partial charge is 0.336 e. The van der Waals surface area contributed by atoms with Gasteiger partial charge in [0.2, 0.25) is 11.8 Å². The molecular formula is C28H28N2O2. The van der Waals surface area contributed by atoms with Crippen LogP contribution in [0.1, 0.15) is 22.3 Å². The molecule has 162 valence electrons. The van der Waals surface area contributed by atoms with Crippen LogP contribution >= 0.6 is 0 Å². The molecule has 3 aromatic rings. The molecule has 1 aliphatic rings. The lowest BCUT2D eigenvalue weighted by Crippen LogP contribution is -2.44. The molecule has 1 aliphatic heterocycles. The van der Waals surface area contributed by atoms with Crippen molar-refractivity contribution in [1.29, 1.82) is 0 Å². The monoisotopic (exact) mass is 424 g/mol. The Bertz CT molecular complexity index is 1080. The minimum absolute atomic E-state index is 0.00553. The van der Waals surface area contributed by atoms with E-state index >= 15 is 0 Å². The van der Waals surface area contributed by atoms with Crippen LogP contribution in [-0.4, -0.2) is 41.2 Å². The second-order valence-corrected chi connectivity index (χ2v) is 8.07. The van der Waals surface area contributed by atoms with E-state index in [2.05, 4.69) is 12.1 Å². The van der Waals surface area contributed by atoms with Crippen LogP contribution in [0.3, 0.4) is 0 Å². The molecule has 0 atom stereocenters. The summed E-state index contributed by atoms with van der Waals surface area (Å²) in [6.07, 6.45) is 4.94. The minimum Gasteiger partial charge on any atom is -0.336 e. The number of hydrogen-bond acceptors (Lipinski definition) is 2. The Balaban J connectivity index is 1.44. The summed E-state index contributed by atoms with van der Waals surface area (Å²) in [6, 6.07) is 28.0. The van der Waals surface area contributed by atoms with Crippen molar-refractivity contribution in [2.45, 2.75) is 19.4 Å². The maximum absolute atomic E-state index is 13.1. The number of carbonyl (C=O) groups is 2. The maximum Gasteiger partial charge on any atom is 0.247 e. The molecule has 0 aliphatic carbocycles. The van der Waals surface area contributed by atoms with Gasteiger partial charge >= 0.3 is 0 Å². The Hall–Kier alpha value is -3.66. The van der Waals surface area contributed by atoms with Gasteiger partial charge in [-0.25, -0.2) is 0 Å². The first-order valence-electron chi connectivity index (χ1n) is 11.1. The lowest BCUT2D eigenvalue weighted by Gasteiger charge is -2.31. The molecule has 4 nitrogen and oxygen atoms in total. The van der Waals surface area contributed by atoms with Crippen LogP contribution in [-0.2, 0) is 29.0 Å². The zero-order chi connectivity index (χ0) is 22.2. The van der Waals surface area contributed by atoms with E-state index in [4.69, 9.17) is 0 Å². The van der Waals surface area contributed by atoms with Gasteiger partial charge in [-0.05, 0) is 41.2 Å². The second kappa shape index (κ2) is 10.6. The normalized spacial score (nSPS) is 13.1. The molecule has 2 amide bonds. The number of rotatable bonds is 7. The third-order valence-electron chi connectivity index (χ3n) is 5.85. The second-order valence-electron chi connectivity index (χ2n) is 8.07. The summed E-state index contributed by atoms with van der Waals surface area (Å²) in [6.45, 7) is 1.89. The van der Waals surface area contributed by atoms with E-state index in [0.29, 0.717) is 26.1 Å². The number of amides is 2. The minimum atomic E-state index is -0.143. The average Bonchev–Trinajstić information content (AvgIpc) is 2.86. The van der Waals surface area contributed by atoms with Crippen LogP contribution in [0.2, 0.25) is 0 Å². The quantitative estimate of drug-likeness (QED) is 0.529. The standard InChI is InChI=1S/C28H28N2O2/c31-27(16-15-23-9-3-1-4-10-23)30(19-17-24-11-5-2-6-12-24)22-28(32)29-20-18-25-13-7-8-14-26(25)21-29/h1-16H,17-22H2/b16-15+. The smallest absolute Gasteiger partial charge is 0.247 e. The van der Waals surface area contributed by atoms with Gasteiger partial charge in [-0.1, -0.05) is 84.9 Å². The molecule has 0 aromatic heterocycles. The fourth-order valence-corrected chi connectivity index (χ4v) is 3.98. The summed E-state index contributed by atoms with van der Waals surface area (Å²) in [7, 11) is 0. The van der Waals surface area contributed by atoms with Gasteiger partial charge in [0.1, 0.15) is 6.54 Å². The number of hydrogen-bond donors (Lipinski definition) is 0. The zero-order valence-electron chi connectivity index (χ0n) is 18.2. The highest BCUT2D eigenvalue weighted by molar-refractivity contribution is 5.94. The van der Waals surface area contributed by atoms with Gasteiger partial charge in [-0.2, -0.15) is 0 Å². The summed E-state index contributed by atoms with van der Waals surface area (Å²) in [5, 5.41) is 0. The molecule has 3 aromatic carbocycles. The number of fused-ring (bicyclic) bond motifs is 1. The van der Waals surface area contributed by atoms with Crippen LogP contribution in [0.25, 0.3) is 6.08 Å². The number of carbonyl (C=O) groups excluding carboxylic acids is 2. The number of benzene rings is 3. The molecule has 32 heavy (non-hydrogen) atoms. The molecule has 0 unspecified atom stereocenters. The number of nitrogens with zero attached hydrogens (tertiary/aromatic N) is 2. The van der Waals surface area contributed by atoms with Crippen LogP contribution in [0.15, 0.2) is 91.0 Å². The molecular weight excluding hydrogens is 396 g/mol. The summed E-state index contributed by atoms with van der Waals surface area (Å²) < 4.78 is 0. The van der Waals surface area contributed by atoms with Crippen molar-refractivity contribution in [3.63, 3.8) is 0 Å². The van der Waals surface area contributed by atoms with Gasteiger partial charge < -0.3 is 9.80 Å². The fraction of sp³-hybridized carbons (Fsp3) is 0.214. The zero-order valence-corrected chi connectivity index (χ0v) is 18.2. The summed E-state index contributed by atoms with van der Waals surface area (Å²) in [5.74, 6) is -0.149. The van der Waals surface area contributed by atoms with E-state index < -0.39 is 0 Å². The highest BCUT2D eigenvalue weighted by atomic mass is 16.2. The van der Waals surface area contributed by atoms with Gasteiger partial charge in [0, 0.05) is 25.7 Å². The van der Waals surface area contributed by atoms with E-state index in [-0.39, 0.29) is 18.4 Å². The van der Waals surface area contributed by atoms with Gasteiger partial charge in [0.25, 0.3) is 0 Å².